The van der Waals surface area contributed by atoms with E-state index < -0.39 is 0 Å². The van der Waals surface area contributed by atoms with Gasteiger partial charge in [-0.3, -0.25) is 4.79 Å². The first-order valence-electron chi connectivity index (χ1n) is 7.08. The zero-order chi connectivity index (χ0) is 15.2. The third-order valence-electron chi connectivity index (χ3n) is 3.34. The van der Waals surface area contributed by atoms with Crippen LogP contribution < -0.4 is 10.1 Å². The zero-order valence-electron chi connectivity index (χ0n) is 12.0. The molecule has 1 saturated heterocycles. The molecule has 0 unspecified atom stereocenters. The summed E-state index contributed by atoms with van der Waals surface area (Å²) >= 11 is 0. The van der Waals surface area contributed by atoms with Crippen molar-refractivity contribution in [2.45, 2.75) is 25.1 Å². The Morgan fingerprint density at radius 3 is 3.05 bits per heavy atom. The summed E-state index contributed by atoms with van der Waals surface area (Å²) in [7, 11) is 0. The molecule has 2 atom stereocenters. The monoisotopic (exact) mass is 303 g/mol. The maximum Gasteiger partial charge on any atom is 0.240 e. The van der Waals surface area contributed by atoms with Crippen LogP contribution in [-0.2, 0) is 16.1 Å². The molecule has 1 N–H and O–H groups in total. The van der Waals surface area contributed by atoms with E-state index in [-0.39, 0.29) is 24.6 Å². The van der Waals surface area contributed by atoms with Gasteiger partial charge in [-0.15, -0.1) is 10.2 Å². The molecule has 8 heteroatoms. The summed E-state index contributed by atoms with van der Waals surface area (Å²) in [5.41, 5.74) is 0. The van der Waals surface area contributed by atoms with E-state index in [1.807, 2.05) is 12.1 Å². The first-order valence-corrected chi connectivity index (χ1v) is 7.08. The van der Waals surface area contributed by atoms with Gasteiger partial charge in [-0.2, -0.15) is 0 Å². The summed E-state index contributed by atoms with van der Waals surface area (Å²) in [6, 6.07) is 5.28. The molecule has 0 radical (unpaired) electrons. The molecule has 2 aromatic heterocycles. The van der Waals surface area contributed by atoms with Crippen molar-refractivity contribution in [3.63, 3.8) is 0 Å². The molecule has 1 amide bonds. The Morgan fingerprint density at radius 1 is 1.41 bits per heavy atom. The Morgan fingerprint density at radius 2 is 2.27 bits per heavy atom. The number of hydrogen-bond acceptors (Lipinski definition) is 6. The van der Waals surface area contributed by atoms with Crippen LogP contribution in [0.3, 0.4) is 0 Å². The SMILES string of the molecule is O=C(Cn1cnnc1)N[C@@H]1COCC[C@H]1Oc1ccccn1. The van der Waals surface area contributed by atoms with Crippen LogP contribution in [0.2, 0.25) is 0 Å². The van der Waals surface area contributed by atoms with Gasteiger partial charge in [0, 0.05) is 18.7 Å². The van der Waals surface area contributed by atoms with Crippen molar-refractivity contribution in [1.29, 1.82) is 0 Å². The van der Waals surface area contributed by atoms with Crippen LogP contribution >= 0.6 is 0 Å². The van der Waals surface area contributed by atoms with Crippen LogP contribution in [-0.4, -0.2) is 51.0 Å². The molecular weight excluding hydrogens is 286 g/mol. The average molecular weight is 303 g/mol. The topological polar surface area (TPSA) is 91.2 Å². The Hall–Kier alpha value is -2.48. The second-order valence-electron chi connectivity index (χ2n) is 5.00. The molecule has 0 aliphatic carbocycles. The molecule has 1 aliphatic heterocycles. The Labute approximate surface area is 127 Å². The largest absolute Gasteiger partial charge is 0.472 e. The number of ether oxygens (including phenoxy) is 2. The second-order valence-corrected chi connectivity index (χ2v) is 5.00. The molecule has 0 saturated carbocycles. The van der Waals surface area contributed by atoms with Crippen molar-refractivity contribution in [2.75, 3.05) is 13.2 Å². The van der Waals surface area contributed by atoms with Crippen molar-refractivity contribution in [3.8, 4) is 5.88 Å². The molecule has 8 nitrogen and oxygen atoms in total. The zero-order valence-corrected chi connectivity index (χ0v) is 12.0. The molecule has 116 valence electrons. The van der Waals surface area contributed by atoms with Crippen LogP contribution in [0.5, 0.6) is 5.88 Å². The highest BCUT2D eigenvalue weighted by Gasteiger charge is 2.29. The summed E-state index contributed by atoms with van der Waals surface area (Å²) in [6.45, 7) is 1.19. The first kappa shape index (κ1) is 14.5. The second kappa shape index (κ2) is 6.99. The highest BCUT2D eigenvalue weighted by atomic mass is 16.5. The van der Waals surface area contributed by atoms with Crippen molar-refractivity contribution in [3.05, 3.63) is 37.1 Å². The lowest BCUT2D eigenvalue weighted by atomic mass is 10.1. The lowest BCUT2D eigenvalue weighted by Crippen LogP contribution is -2.52. The Bertz CT molecular complexity index is 590. The normalized spacial score (nSPS) is 21.3. The number of carbonyl (C=O) groups is 1. The van der Waals surface area contributed by atoms with Gasteiger partial charge in [0.25, 0.3) is 0 Å². The van der Waals surface area contributed by atoms with Crippen LogP contribution in [0.1, 0.15) is 6.42 Å². The van der Waals surface area contributed by atoms with Gasteiger partial charge in [0.05, 0.1) is 19.3 Å². The van der Waals surface area contributed by atoms with Gasteiger partial charge >= 0.3 is 0 Å². The third kappa shape index (κ3) is 3.79. The number of amides is 1. The lowest BCUT2D eigenvalue weighted by Gasteiger charge is -2.32. The third-order valence-corrected chi connectivity index (χ3v) is 3.34. The van der Waals surface area contributed by atoms with Gasteiger partial charge in [-0.25, -0.2) is 4.98 Å². The molecule has 22 heavy (non-hydrogen) atoms. The van der Waals surface area contributed by atoms with E-state index in [9.17, 15) is 4.79 Å². The van der Waals surface area contributed by atoms with E-state index in [0.29, 0.717) is 25.5 Å². The molecule has 0 spiro atoms. The van der Waals surface area contributed by atoms with E-state index in [4.69, 9.17) is 9.47 Å². The summed E-state index contributed by atoms with van der Waals surface area (Å²) < 4.78 is 12.9. The highest BCUT2D eigenvalue weighted by molar-refractivity contribution is 5.76. The number of hydrogen-bond donors (Lipinski definition) is 1. The van der Waals surface area contributed by atoms with E-state index in [0.717, 1.165) is 0 Å². The minimum atomic E-state index is -0.209. The maximum atomic E-state index is 12.1. The van der Waals surface area contributed by atoms with Gasteiger partial charge in [0.1, 0.15) is 25.3 Å². The van der Waals surface area contributed by atoms with Crippen molar-refractivity contribution in [1.82, 2.24) is 25.1 Å². The molecule has 0 bridgehead atoms. The minimum Gasteiger partial charge on any atom is -0.472 e. The van der Waals surface area contributed by atoms with Gasteiger partial charge in [0.15, 0.2) is 0 Å². The average Bonchev–Trinajstić information content (AvgIpc) is 3.03. The maximum absolute atomic E-state index is 12.1. The smallest absolute Gasteiger partial charge is 0.240 e. The molecule has 1 aliphatic rings. The summed E-state index contributed by atoms with van der Waals surface area (Å²) in [4.78, 5) is 16.2. The summed E-state index contributed by atoms with van der Waals surface area (Å²) in [5, 5.41) is 10.3. The number of nitrogens with zero attached hydrogens (tertiary/aromatic N) is 4. The number of nitrogens with one attached hydrogen (secondary N) is 1. The summed E-state index contributed by atoms with van der Waals surface area (Å²) in [5.74, 6) is 0.414. The predicted molar refractivity (Wildman–Crippen MR) is 76.0 cm³/mol. The fourth-order valence-corrected chi connectivity index (χ4v) is 2.29. The molecular formula is C14H17N5O3. The minimum absolute atomic E-state index is 0.134. The summed E-state index contributed by atoms with van der Waals surface area (Å²) in [6.07, 6.45) is 5.22. The van der Waals surface area contributed by atoms with Crippen molar-refractivity contribution < 1.29 is 14.3 Å². The van der Waals surface area contributed by atoms with Crippen molar-refractivity contribution in [2.24, 2.45) is 0 Å². The Kier molecular flexibility index (Phi) is 4.59. The van der Waals surface area contributed by atoms with Crippen molar-refractivity contribution >= 4 is 5.91 Å². The predicted octanol–water partition coefficient (Wildman–Crippen LogP) is 0.0258. The standard InChI is InChI=1S/C14H17N5O3/c20-13(7-19-9-16-17-10-19)18-11-8-21-6-4-12(11)22-14-3-1-2-5-15-14/h1-3,5,9-12H,4,6-8H2,(H,18,20)/t11-,12-/m1/s1. The molecule has 2 aromatic rings. The molecule has 0 aromatic carbocycles. The molecule has 3 heterocycles. The highest BCUT2D eigenvalue weighted by Crippen LogP contribution is 2.15. The number of rotatable bonds is 5. The number of pyridine rings is 1. The van der Waals surface area contributed by atoms with E-state index in [1.165, 1.54) is 12.7 Å². The van der Waals surface area contributed by atoms with E-state index >= 15 is 0 Å². The number of carbonyl (C=O) groups excluding carboxylic acids is 1. The fourth-order valence-electron chi connectivity index (χ4n) is 2.29. The first-order chi connectivity index (χ1) is 10.8. The van der Waals surface area contributed by atoms with Gasteiger partial charge < -0.3 is 19.4 Å². The molecule has 1 fully saturated rings. The lowest BCUT2D eigenvalue weighted by molar-refractivity contribution is -0.124. The van der Waals surface area contributed by atoms with Crippen LogP contribution in [0.15, 0.2) is 37.1 Å². The molecule has 3 rings (SSSR count). The quantitative estimate of drug-likeness (QED) is 0.837. The number of aromatic nitrogens is 4. The Balaban J connectivity index is 1.58. The van der Waals surface area contributed by atoms with Crippen LogP contribution in [0, 0.1) is 0 Å². The van der Waals surface area contributed by atoms with Gasteiger partial charge in [0.2, 0.25) is 11.8 Å². The van der Waals surface area contributed by atoms with E-state index in [1.54, 1.807) is 16.8 Å². The van der Waals surface area contributed by atoms with E-state index in [2.05, 4.69) is 20.5 Å². The van der Waals surface area contributed by atoms with Gasteiger partial charge in [-0.1, -0.05) is 6.07 Å². The van der Waals surface area contributed by atoms with Gasteiger partial charge in [-0.05, 0) is 6.07 Å². The van der Waals surface area contributed by atoms with Crippen LogP contribution in [0.4, 0.5) is 0 Å². The van der Waals surface area contributed by atoms with Crippen LogP contribution in [0.25, 0.3) is 0 Å². The fraction of sp³-hybridized carbons (Fsp3) is 0.429.